The molecule has 1 aliphatic carbocycles. The van der Waals surface area contributed by atoms with Gasteiger partial charge in [-0.3, -0.25) is 14.4 Å². The van der Waals surface area contributed by atoms with Gasteiger partial charge in [-0.1, -0.05) is 31.4 Å². The number of benzene rings is 1. The summed E-state index contributed by atoms with van der Waals surface area (Å²) >= 11 is 0. The summed E-state index contributed by atoms with van der Waals surface area (Å²) < 4.78 is 16.5. The van der Waals surface area contributed by atoms with Gasteiger partial charge in [0, 0.05) is 31.8 Å². The largest absolute Gasteiger partial charge is 0.497 e. The van der Waals surface area contributed by atoms with Gasteiger partial charge in [0.25, 0.3) is 0 Å². The summed E-state index contributed by atoms with van der Waals surface area (Å²) in [7, 11) is 1.58. The van der Waals surface area contributed by atoms with Crippen LogP contribution in [-0.4, -0.2) is 72.6 Å². The van der Waals surface area contributed by atoms with Crippen molar-refractivity contribution >= 4 is 23.9 Å². The van der Waals surface area contributed by atoms with Gasteiger partial charge in [0.1, 0.15) is 16.8 Å². The highest BCUT2D eigenvalue weighted by atomic mass is 16.6. The van der Waals surface area contributed by atoms with E-state index in [4.69, 9.17) is 14.2 Å². The molecular weight excluding hydrogens is 538 g/mol. The third kappa shape index (κ3) is 6.90. The van der Waals surface area contributed by atoms with Crippen LogP contribution >= 0.6 is 0 Å². The minimum atomic E-state index is -1.54. The van der Waals surface area contributed by atoms with Gasteiger partial charge in [-0.15, -0.1) is 0 Å². The van der Waals surface area contributed by atoms with E-state index in [1.807, 2.05) is 24.3 Å². The molecule has 1 N–H and O–H groups in total. The summed E-state index contributed by atoms with van der Waals surface area (Å²) in [5, 5.41) is 3.03. The van der Waals surface area contributed by atoms with Crippen molar-refractivity contribution in [2.24, 2.45) is 17.3 Å². The summed E-state index contributed by atoms with van der Waals surface area (Å²) in [4.78, 5) is 57.6. The first kappa shape index (κ1) is 31.4. The molecule has 1 aromatic rings. The number of ether oxygens (including phenoxy) is 3. The zero-order chi connectivity index (χ0) is 30.5. The molecule has 0 aromatic heterocycles. The number of carbonyl (C=O) groups excluding carboxylic acids is 4. The second kappa shape index (κ2) is 13.2. The van der Waals surface area contributed by atoms with Crippen molar-refractivity contribution < 1.29 is 33.4 Å². The Kier molecular flexibility index (Phi) is 9.84. The highest BCUT2D eigenvalue weighted by molar-refractivity contribution is 5.99. The maximum atomic E-state index is 14.2. The lowest BCUT2D eigenvalue weighted by atomic mass is 9.71. The normalized spacial score (nSPS) is 22.7. The van der Waals surface area contributed by atoms with Crippen LogP contribution in [0.2, 0.25) is 0 Å². The van der Waals surface area contributed by atoms with Crippen LogP contribution in [0.25, 0.3) is 0 Å². The van der Waals surface area contributed by atoms with Crippen molar-refractivity contribution in [3.8, 4) is 5.75 Å². The fraction of sp³-hybridized carbons (Fsp3) is 0.625. The summed E-state index contributed by atoms with van der Waals surface area (Å²) in [5.74, 6) is -1.20. The van der Waals surface area contributed by atoms with Gasteiger partial charge in [-0.25, -0.2) is 4.79 Å². The Morgan fingerprint density at radius 3 is 2.38 bits per heavy atom. The number of nitrogens with one attached hydrogen (secondary N) is 1. The number of hydrogen-bond acceptors (Lipinski definition) is 7. The number of rotatable bonds is 9. The van der Waals surface area contributed by atoms with Gasteiger partial charge in [-0.2, -0.15) is 0 Å². The van der Waals surface area contributed by atoms with E-state index in [9.17, 15) is 19.2 Å². The van der Waals surface area contributed by atoms with Crippen LogP contribution < -0.4 is 10.1 Å². The molecule has 4 rings (SSSR count). The van der Waals surface area contributed by atoms with Crippen LogP contribution in [-0.2, 0) is 30.4 Å². The van der Waals surface area contributed by atoms with E-state index in [0.29, 0.717) is 23.9 Å². The number of methoxy groups -OCH3 is 1. The highest BCUT2D eigenvalue weighted by Crippen LogP contribution is 2.51. The number of likely N-dealkylation sites (tertiary alicyclic amines) is 1. The third-order valence-corrected chi connectivity index (χ3v) is 8.35. The molecule has 1 aromatic carbocycles. The second-order valence-corrected chi connectivity index (χ2v) is 12.5. The molecule has 10 nitrogen and oxygen atoms in total. The van der Waals surface area contributed by atoms with E-state index < -0.39 is 29.0 Å². The zero-order valence-electron chi connectivity index (χ0n) is 25.6. The van der Waals surface area contributed by atoms with E-state index in [-0.39, 0.29) is 44.5 Å². The van der Waals surface area contributed by atoms with Gasteiger partial charge >= 0.3 is 12.1 Å². The number of hydrogen-bond donors (Lipinski definition) is 1. The topological polar surface area (TPSA) is 114 Å². The maximum absolute atomic E-state index is 14.2. The predicted molar refractivity (Wildman–Crippen MR) is 156 cm³/mol. The molecule has 3 aliphatic rings. The Morgan fingerprint density at radius 2 is 1.76 bits per heavy atom. The van der Waals surface area contributed by atoms with E-state index in [1.165, 1.54) is 11.3 Å². The SMILES string of the molecule is CCOC(=O)[C@@]12CN(C(=O)OC(C)(C)C)CC=C1N(Cc1ccc(OC)cc1)C(=O)[C@H]2CC(=O)NCC1CCCCC1. The predicted octanol–water partition coefficient (Wildman–Crippen LogP) is 4.42. The summed E-state index contributed by atoms with van der Waals surface area (Å²) in [6.45, 7) is 7.87. The van der Waals surface area contributed by atoms with E-state index >= 15 is 0 Å². The first-order chi connectivity index (χ1) is 20.0. The van der Waals surface area contributed by atoms with Crippen LogP contribution in [0.4, 0.5) is 4.79 Å². The summed E-state index contributed by atoms with van der Waals surface area (Å²) in [5.41, 5.74) is -0.995. The van der Waals surface area contributed by atoms with Gasteiger partial charge < -0.3 is 29.3 Å². The van der Waals surface area contributed by atoms with Gasteiger partial charge in [0.2, 0.25) is 11.8 Å². The fourth-order valence-corrected chi connectivity index (χ4v) is 6.26. The van der Waals surface area contributed by atoms with E-state index in [2.05, 4.69) is 5.32 Å². The van der Waals surface area contributed by atoms with Crippen molar-refractivity contribution in [2.45, 2.75) is 78.4 Å². The van der Waals surface area contributed by atoms with Gasteiger partial charge in [0.15, 0.2) is 0 Å². The summed E-state index contributed by atoms with van der Waals surface area (Å²) in [6.07, 6.45) is 6.62. The van der Waals surface area contributed by atoms with Crippen LogP contribution in [0.15, 0.2) is 36.0 Å². The molecule has 2 aliphatic heterocycles. The number of carbonyl (C=O) groups is 4. The average molecular weight is 584 g/mol. The molecule has 42 heavy (non-hydrogen) atoms. The minimum absolute atomic E-state index is 0.0908. The molecule has 0 bridgehead atoms. The lowest BCUT2D eigenvalue weighted by molar-refractivity contribution is -0.158. The van der Waals surface area contributed by atoms with E-state index in [1.54, 1.807) is 45.8 Å². The Balaban J connectivity index is 1.68. The van der Waals surface area contributed by atoms with Crippen LogP contribution in [0, 0.1) is 17.3 Å². The lowest BCUT2D eigenvalue weighted by Gasteiger charge is -2.40. The molecule has 1 saturated carbocycles. The van der Waals surface area contributed by atoms with Crippen LogP contribution in [0.5, 0.6) is 5.75 Å². The van der Waals surface area contributed by atoms with E-state index in [0.717, 1.165) is 31.2 Å². The Labute approximate surface area is 248 Å². The molecule has 1 saturated heterocycles. The van der Waals surface area contributed by atoms with Crippen molar-refractivity contribution in [1.29, 1.82) is 0 Å². The van der Waals surface area contributed by atoms with Crippen molar-refractivity contribution in [2.75, 3.05) is 33.4 Å². The fourth-order valence-electron chi connectivity index (χ4n) is 6.26. The molecule has 2 fully saturated rings. The molecule has 0 radical (unpaired) electrons. The molecule has 0 unspecified atom stereocenters. The zero-order valence-corrected chi connectivity index (χ0v) is 25.6. The number of amides is 3. The maximum Gasteiger partial charge on any atom is 0.410 e. The number of fused-ring (bicyclic) bond motifs is 1. The molecule has 0 spiro atoms. The molecule has 2 heterocycles. The first-order valence-electron chi connectivity index (χ1n) is 15.0. The molecular formula is C32H45N3O7. The minimum Gasteiger partial charge on any atom is -0.497 e. The third-order valence-electron chi connectivity index (χ3n) is 8.35. The lowest BCUT2D eigenvalue weighted by Crippen LogP contribution is -2.54. The van der Waals surface area contributed by atoms with Crippen molar-refractivity contribution in [3.63, 3.8) is 0 Å². The summed E-state index contributed by atoms with van der Waals surface area (Å²) in [6, 6.07) is 7.34. The highest BCUT2D eigenvalue weighted by Gasteiger charge is 2.64. The van der Waals surface area contributed by atoms with Gasteiger partial charge in [-0.05, 0) is 70.2 Å². The number of esters is 1. The van der Waals surface area contributed by atoms with Crippen molar-refractivity contribution in [3.05, 3.63) is 41.6 Å². The monoisotopic (exact) mass is 583 g/mol. The molecule has 10 heteroatoms. The molecule has 3 amide bonds. The quantitative estimate of drug-likeness (QED) is 0.428. The van der Waals surface area contributed by atoms with Crippen molar-refractivity contribution in [1.82, 2.24) is 15.1 Å². The number of nitrogens with zero attached hydrogens (tertiary/aromatic N) is 2. The Hall–Kier alpha value is -3.56. The Bertz CT molecular complexity index is 1180. The average Bonchev–Trinajstić information content (AvgIpc) is 3.19. The molecule has 230 valence electrons. The van der Waals surface area contributed by atoms with Gasteiger partial charge in [0.05, 0.1) is 26.2 Å². The van der Waals surface area contributed by atoms with Crippen LogP contribution in [0.3, 0.4) is 0 Å². The Morgan fingerprint density at radius 1 is 1.07 bits per heavy atom. The second-order valence-electron chi connectivity index (χ2n) is 12.5. The smallest absolute Gasteiger partial charge is 0.410 e. The first-order valence-corrected chi connectivity index (χ1v) is 15.0. The standard InChI is InChI=1S/C32H45N3O7/c1-6-41-29(38)32-21-34(30(39)42-31(2,3)4)17-16-26(32)35(20-23-12-14-24(40-5)15-13-23)28(37)25(32)18-27(36)33-19-22-10-8-7-9-11-22/h12-16,22,25H,6-11,17-21H2,1-5H3,(H,33,36)/t25-,32-/m1/s1. The molecule has 2 atom stereocenters. The van der Waals surface area contributed by atoms with Crippen LogP contribution in [0.1, 0.15) is 71.8 Å².